The third-order valence-electron chi connectivity index (χ3n) is 4.27. The molecule has 0 heterocycles. The molecular formula is C16H27FN2. The first-order valence-corrected chi connectivity index (χ1v) is 7.09. The second kappa shape index (κ2) is 7.01. The smallest absolute Gasteiger partial charge is 0.123 e. The lowest BCUT2D eigenvalue weighted by molar-refractivity contribution is 0.113. The number of nitrogens with one attached hydrogen (secondary N) is 1. The van der Waals surface area contributed by atoms with Gasteiger partial charge >= 0.3 is 0 Å². The van der Waals surface area contributed by atoms with Gasteiger partial charge in [-0.1, -0.05) is 26.0 Å². The average Bonchev–Trinajstić information content (AvgIpc) is 2.37. The minimum Gasteiger partial charge on any atom is -0.312 e. The third-order valence-corrected chi connectivity index (χ3v) is 4.27. The summed E-state index contributed by atoms with van der Waals surface area (Å²) in [7, 11) is 4.22. The Labute approximate surface area is 117 Å². The van der Waals surface area contributed by atoms with Crippen molar-refractivity contribution < 1.29 is 4.39 Å². The van der Waals surface area contributed by atoms with Crippen LogP contribution in [0.25, 0.3) is 0 Å². The van der Waals surface area contributed by atoms with E-state index in [1.165, 1.54) is 6.07 Å². The minimum atomic E-state index is -0.157. The Hall–Kier alpha value is -0.930. The van der Waals surface area contributed by atoms with Gasteiger partial charge in [0.15, 0.2) is 0 Å². The van der Waals surface area contributed by atoms with Gasteiger partial charge in [0.25, 0.3) is 0 Å². The molecule has 0 spiro atoms. The van der Waals surface area contributed by atoms with E-state index >= 15 is 0 Å². The van der Waals surface area contributed by atoms with E-state index in [1.54, 1.807) is 12.1 Å². The van der Waals surface area contributed by atoms with Gasteiger partial charge in [0.05, 0.1) is 0 Å². The van der Waals surface area contributed by atoms with Gasteiger partial charge in [-0.3, -0.25) is 0 Å². The number of benzene rings is 1. The average molecular weight is 266 g/mol. The summed E-state index contributed by atoms with van der Waals surface area (Å²) in [6.07, 6.45) is 1.89. The van der Waals surface area contributed by atoms with Gasteiger partial charge in [0, 0.05) is 11.6 Å². The van der Waals surface area contributed by atoms with Crippen molar-refractivity contribution >= 4 is 0 Å². The molecule has 2 nitrogen and oxygen atoms in total. The molecule has 0 fully saturated rings. The van der Waals surface area contributed by atoms with Crippen molar-refractivity contribution in [1.82, 2.24) is 10.2 Å². The quantitative estimate of drug-likeness (QED) is 0.816. The highest BCUT2D eigenvalue weighted by atomic mass is 19.1. The predicted octanol–water partition coefficient (Wildman–Crippen LogP) is 3.08. The fourth-order valence-corrected chi connectivity index (χ4v) is 2.53. The maximum atomic E-state index is 13.3. The predicted molar refractivity (Wildman–Crippen MR) is 80.0 cm³/mol. The number of rotatable bonds is 7. The van der Waals surface area contributed by atoms with Crippen molar-refractivity contribution in [2.45, 2.75) is 45.2 Å². The first kappa shape index (κ1) is 16.1. The molecule has 0 radical (unpaired) electrons. The first-order chi connectivity index (χ1) is 8.93. The summed E-state index contributed by atoms with van der Waals surface area (Å²) in [5.74, 6) is -0.157. The molecule has 0 aliphatic heterocycles. The van der Waals surface area contributed by atoms with Crippen LogP contribution in [-0.2, 0) is 6.42 Å². The van der Waals surface area contributed by atoms with Crippen LogP contribution in [0, 0.1) is 5.82 Å². The summed E-state index contributed by atoms with van der Waals surface area (Å²) >= 11 is 0. The van der Waals surface area contributed by atoms with Crippen LogP contribution in [0.15, 0.2) is 24.3 Å². The van der Waals surface area contributed by atoms with Crippen molar-refractivity contribution in [3.05, 3.63) is 35.6 Å². The number of hydrogen-bond acceptors (Lipinski definition) is 2. The number of hydrogen-bond donors (Lipinski definition) is 1. The standard InChI is InChI=1S/C16H27FN2/c1-6-16(3,19(4)5)15(18-7-2)12-13-9-8-10-14(17)11-13/h8-11,15,18H,6-7,12H2,1-5H3. The highest BCUT2D eigenvalue weighted by Crippen LogP contribution is 2.24. The monoisotopic (exact) mass is 266 g/mol. The Bertz CT molecular complexity index is 392. The van der Waals surface area contributed by atoms with Gasteiger partial charge < -0.3 is 10.2 Å². The first-order valence-electron chi connectivity index (χ1n) is 7.09. The fourth-order valence-electron chi connectivity index (χ4n) is 2.53. The van der Waals surface area contributed by atoms with Crippen LogP contribution in [0.2, 0.25) is 0 Å². The molecule has 108 valence electrons. The topological polar surface area (TPSA) is 15.3 Å². The lowest BCUT2D eigenvalue weighted by Crippen LogP contribution is -2.57. The molecule has 3 heteroatoms. The summed E-state index contributed by atoms with van der Waals surface area (Å²) in [6.45, 7) is 7.50. The molecule has 1 N–H and O–H groups in total. The van der Waals surface area contributed by atoms with E-state index in [0.29, 0.717) is 6.04 Å². The molecule has 1 rings (SSSR count). The summed E-state index contributed by atoms with van der Waals surface area (Å²) < 4.78 is 13.3. The SMILES string of the molecule is CCNC(Cc1cccc(F)c1)C(C)(CC)N(C)C. The van der Waals surface area contributed by atoms with Crippen LogP contribution < -0.4 is 5.32 Å². The van der Waals surface area contributed by atoms with E-state index in [2.05, 4.69) is 45.1 Å². The summed E-state index contributed by atoms with van der Waals surface area (Å²) in [6, 6.07) is 7.22. The van der Waals surface area contributed by atoms with Crippen molar-refractivity contribution in [3.63, 3.8) is 0 Å². The van der Waals surface area contributed by atoms with Crippen LogP contribution in [0.5, 0.6) is 0 Å². The van der Waals surface area contributed by atoms with E-state index in [0.717, 1.165) is 24.9 Å². The lowest BCUT2D eigenvalue weighted by Gasteiger charge is -2.43. The van der Waals surface area contributed by atoms with E-state index in [1.807, 2.05) is 6.07 Å². The summed E-state index contributed by atoms with van der Waals surface area (Å²) in [4.78, 5) is 2.26. The summed E-state index contributed by atoms with van der Waals surface area (Å²) in [5, 5.41) is 3.56. The van der Waals surface area contributed by atoms with E-state index in [4.69, 9.17) is 0 Å². The van der Waals surface area contributed by atoms with Crippen LogP contribution in [0.3, 0.4) is 0 Å². The van der Waals surface area contributed by atoms with Crippen LogP contribution >= 0.6 is 0 Å². The fraction of sp³-hybridized carbons (Fsp3) is 0.625. The zero-order valence-corrected chi connectivity index (χ0v) is 12.8. The van der Waals surface area contributed by atoms with Crippen molar-refractivity contribution in [3.8, 4) is 0 Å². The van der Waals surface area contributed by atoms with E-state index in [9.17, 15) is 4.39 Å². The largest absolute Gasteiger partial charge is 0.312 e. The summed E-state index contributed by atoms with van der Waals surface area (Å²) in [5.41, 5.74) is 1.11. The second-order valence-electron chi connectivity index (χ2n) is 5.55. The molecule has 0 bridgehead atoms. The van der Waals surface area contributed by atoms with Crippen LogP contribution in [0.1, 0.15) is 32.8 Å². The Morgan fingerprint density at radius 2 is 2.00 bits per heavy atom. The van der Waals surface area contributed by atoms with Gasteiger partial charge in [-0.25, -0.2) is 4.39 Å². The Kier molecular flexibility index (Phi) is 5.95. The molecule has 2 unspecified atom stereocenters. The van der Waals surface area contributed by atoms with Gasteiger partial charge in [-0.15, -0.1) is 0 Å². The van der Waals surface area contributed by atoms with E-state index in [-0.39, 0.29) is 11.4 Å². The van der Waals surface area contributed by atoms with Gasteiger partial charge in [-0.2, -0.15) is 0 Å². The lowest BCUT2D eigenvalue weighted by atomic mass is 9.84. The zero-order valence-electron chi connectivity index (χ0n) is 12.8. The Morgan fingerprint density at radius 1 is 1.32 bits per heavy atom. The molecule has 0 amide bonds. The zero-order chi connectivity index (χ0) is 14.5. The van der Waals surface area contributed by atoms with Crippen LogP contribution in [0.4, 0.5) is 4.39 Å². The van der Waals surface area contributed by atoms with Gasteiger partial charge in [0.2, 0.25) is 0 Å². The molecule has 0 saturated heterocycles. The molecule has 1 aromatic rings. The molecular weight excluding hydrogens is 239 g/mol. The molecule has 19 heavy (non-hydrogen) atoms. The second-order valence-corrected chi connectivity index (χ2v) is 5.55. The number of halogens is 1. The van der Waals surface area contributed by atoms with Gasteiger partial charge in [-0.05, 0) is 58.1 Å². The van der Waals surface area contributed by atoms with Crippen molar-refractivity contribution in [1.29, 1.82) is 0 Å². The van der Waals surface area contributed by atoms with Gasteiger partial charge in [0.1, 0.15) is 5.82 Å². The highest BCUT2D eigenvalue weighted by Gasteiger charge is 2.34. The highest BCUT2D eigenvalue weighted by molar-refractivity contribution is 5.19. The molecule has 1 aromatic carbocycles. The van der Waals surface area contributed by atoms with E-state index < -0.39 is 0 Å². The third kappa shape index (κ3) is 4.02. The molecule has 0 aromatic heterocycles. The normalized spacial score (nSPS) is 16.4. The maximum Gasteiger partial charge on any atom is 0.123 e. The maximum absolute atomic E-state index is 13.3. The molecule has 0 aliphatic rings. The van der Waals surface area contributed by atoms with Crippen molar-refractivity contribution in [2.75, 3.05) is 20.6 Å². The minimum absolute atomic E-state index is 0.0579. The molecule has 0 aliphatic carbocycles. The number of nitrogens with zero attached hydrogens (tertiary/aromatic N) is 1. The van der Waals surface area contributed by atoms with Crippen LogP contribution in [-0.4, -0.2) is 37.1 Å². The molecule has 2 atom stereocenters. The number of likely N-dealkylation sites (N-methyl/N-ethyl adjacent to an activating group) is 2. The Balaban J connectivity index is 2.94. The Morgan fingerprint density at radius 3 is 2.47 bits per heavy atom. The molecule has 0 saturated carbocycles. The van der Waals surface area contributed by atoms with Crippen molar-refractivity contribution in [2.24, 2.45) is 0 Å².